The van der Waals surface area contributed by atoms with Gasteiger partial charge in [0.05, 0.1) is 12.2 Å². The van der Waals surface area contributed by atoms with E-state index in [2.05, 4.69) is 16.9 Å². The number of amides is 1. The van der Waals surface area contributed by atoms with Gasteiger partial charge >= 0.3 is 0 Å². The third-order valence-electron chi connectivity index (χ3n) is 6.10. The van der Waals surface area contributed by atoms with Crippen LogP contribution >= 0.6 is 0 Å². The van der Waals surface area contributed by atoms with Crippen molar-refractivity contribution in [3.8, 4) is 0 Å². The van der Waals surface area contributed by atoms with E-state index in [9.17, 15) is 13.6 Å². The summed E-state index contributed by atoms with van der Waals surface area (Å²) in [6.07, 6.45) is 3.99. The Balaban J connectivity index is 1.46. The van der Waals surface area contributed by atoms with Gasteiger partial charge in [0.1, 0.15) is 0 Å². The van der Waals surface area contributed by atoms with Crippen LogP contribution in [0.4, 0.5) is 8.78 Å². The number of pyridine rings is 1. The molecule has 1 amide bonds. The fraction of sp³-hybridized carbons (Fsp3) is 0.714. The zero-order valence-electron chi connectivity index (χ0n) is 16.8. The van der Waals surface area contributed by atoms with E-state index in [1.807, 2.05) is 29.3 Å². The molecule has 7 heteroatoms. The van der Waals surface area contributed by atoms with Crippen LogP contribution in [-0.4, -0.2) is 77.8 Å². The van der Waals surface area contributed by atoms with E-state index in [1.54, 1.807) is 4.90 Å². The fourth-order valence-corrected chi connectivity index (χ4v) is 4.43. The Hall–Kier alpha value is -1.60. The normalized spacial score (nSPS) is 22.6. The van der Waals surface area contributed by atoms with Crippen LogP contribution in [0.5, 0.6) is 0 Å². The number of nitrogens with zero attached hydrogens (tertiary/aromatic N) is 4. The van der Waals surface area contributed by atoms with Crippen LogP contribution in [0.1, 0.15) is 37.8 Å². The summed E-state index contributed by atoms with van der Waals surface area (Å²) in [6, 6.07) is 6.43. The largest absolute Gasteiger partial charge is 0.342 e. The molecule has 2 aliphatic heterocycles. The van der Waals surface area contributed by atoms with E-state index in [-0.39, 0.29) is 18.4 Å². The molecule has 1 atom stereocenters. The van der Waals surface area contributed by atoms with E-state index in [1.165, 1.54) is 0 Å². The Morgan fingerprint density at radius 2 is 1.96 bits per heavy atom. The molecular formula is C21H32F2N4O. The minimum Gasteiger partial charge on any atom is -0.342 e. The van der Waals surface area contributed by atoms with Crippen molar-refractivity contribution in [2.45, 2.75) is 51.1 Å². The van der Waals surface area contributed by atoms with E-state index in [4.69, 9.17) is 0 Å². The third-order valence-corrected chi connectivity index (χ3v) is 6.10. The maximum atomic E-state index is 12.9. The molecule has 0 aromatic carbocycles. The lowest BCUT2D eigenvalue weighted by Crippen LogP contribution is -2.44. The molecule has 1 aromatic rings. The molecule has 28 heavy (non-hydrogen) atoms. The molecule has 1 aromatic heterocycles. The lowest BCUT2D eigenvalue weighted by atomic mass is 9.95. The summed E-state index contributed by atoms with van der Waals surface area (Å²) in [5.41, 5.74) is 1.07. The van der Waals surface area contributed by atoms with Crippen LogP contribution in [0.3, 0.4) is 0 Å². The molecule has 5 nitrogen and oxygen atoms in total. The molecule has 2 fully saturated rings. The van der Waals surface area contributed by atoms with Gasteiger partial charge in [-0.2, -0.15) is 0 Å². The number of likely N-dealkylation sites (tertiary alicyclic amines) is 2. The minimum atomic E-state index is -2.29. The Kier molecular flexibility index (Phi) is 7.73. The van der Waals surface area contributed by atoms with Crippen molar-refractivity contribution in [2.75, 3.05) is 39.8 Å². The first kappa shape index (κ1) is 21.1. The van der Waals surface area contributed by atoms with E-state index >= 15 is 0 Å². The van der Waals surface area contributed by atoms with E-state index in [0.717, 1.165) is 44.6 Å². The highest BCUT2D eigenvalue weighted by atomic mass is 19.3. The predicted molar refractivity (Wildman–Crippen MR) is 105 cm³/mol. The van der Waals surface area contributed by atoms with Gasteiger partial charge in [0.25, 0.3) is 6.43 Å². The Bertz CT molecular complexity index is 608. The van der Waals surface area contributed by atoms with Gasteiger partial charge in [-0.15, -0.1) is 0 Å². The number of halogens is 2. The van der Waals surface area contributed by atoms with Gasteiger partial charge in [0.2, 0.25) is 5.91 Å². The second kappa shape index (κ2) is 10.3. The van der Waals surface area contributed by atoms with Gasteiger partial charge in [-0.1, -0.05) is 6.07 Å². The van der Waals surface area contributed by atoms with Crippen molar-refractivity contribution in [3.63, 3.8) is 0 Å². The number of carbonyl (C=O) groups excluding carboxylic acids is 1. The summed E-state index contributed by atoms with van der Waals surface area (Å²) in [4.78, 5) is 23.5. The van der Waals surface area contributed by atoms with Crippen LogP contribution in [0.25, 0.3) is 0 Å². The maximum absolute atomic E-state index is 12.9. The third kappa shape index (κ3) is 5.95. The summed E-state index contributed by atoms with van der Waals surface area (Å²) in [7, 11) is 2.13. The van der Waals surface area contributed by atoms with Crippen LogP contribution < -0.4 is 0 Å². The van der Waals surface area contributed by atoms with Crippen molar-refractivity contribution >= 4 is 5.91 Å². The number of aromatic nitrogens is 1. The Labute approximate surface area is 166 Å². The Morgan fingerprint density at radius 1 is 1.18 bits per heavy atom. The fourth-order valence-electron chi connectivity index (χ4n) is 4.43. The molecule has 0 radical (unpaired) electrons. The zero-order chi connectivity index (χ0) is 19.9. The molecule has 3 rings (SSSR count). The SMILES string of the molecule is CN(Cc1ccccn1)C1CCCN(C(=O)C2CCN(CC(F)F)CC2)CC1. The summed E-state index contributed by atoms with van der Waals surface area (Å²) >= 11 is 0. The average molecular weight is 395 g/mol. The molecule has 0 saturated carbocycles. The van der Waals surface area contributed by atoms with Crippen molar-refractivity contribution in [1.29, 1.82) is 0 Å². The predicted octanol–water partition coefficient (Wildman–Crippen LogP) is 2.87. The van der Waals surface area contributed by atoms with Crippen LogP contribution in [0, 0.1) is 5.92 Å². The maximum Gasteiger partial charge on any atom is 0.251 e. The minimum absolute atomic E-state index is 0.00304. The smallest absolute Gasteiger partial charge is 0.251 e. The summed E-state index contributed by atoms with van der Waals surface area (Å²) < 4.78 is 25.1. The molecular weight excluding hydrogens is 362 g/mol. The van der Waals surface area contributed by atoms with Crippen molar-refractivity contribution in [2.24, 2.45) is 5.92 Å². The quantitative estimate of drug-likeness (QED) is 0.744. The number of piperidine rings is 1. The van der Waals surface area contributed by atoms with Crippen LogP contribution in [0.2, 0.25) is 0 Å². The summed E-state index contributed by atoms with van der Waals surface area (Å²) in [5, 5.41) is 0. The van der Waals surface area contributed by atoms with Crippen molar-refractivity contribution < 1.29 is 13.6 Å². The van der Waals surface area contributed by atoms with Crippen molar-refractivity contribution in [1.82, 2.24) is 19.7 Å². The lowest BCUT2D eigenvalue weighted by molar-refractivity contribution is -0.137. The summed E-state index contributed by atoms with van der Waals surface area (Å²) in [5.74, 6) is 0.224. The molecule has 0 N–H and O–H groups in total. The highest BCUT2D eigenvalue weighted by Gasteiger charge is 2.31. The molecule has 2 saturated heterocycles. The number of hydrogen-bond donors (Lipinski definition) is 0. The number of alkyl halides is 2. The standard InChI is InChI=1S/C21H32F2N4O/c1-25(15-18-5-2-3-10-24-18)19-6-4-11-27(14-9-19)21(28)17-7-12-26(13-8-17)16-20(22)23/h2-3,5,10,17,19-20H,4,6-9,11-16H2,1H3. The number of hydrogen-bond acceptors (Lipinski definition) is 4. The Morgan fingerprint density at radius 3 is 2.64 bits per heavy atom. The molecule has 2 aliphatic rings. The first-order valence-corrected chi connectivity index (χ1v) is 10.4. The van der Waals surface area contributed by atoms with Gasteiger partial charge in [-0.05, 0) is 64.4 Å². The van der Waals surface area contributed by atoms with Gasteiger partial charge in [-0.3, -0.25) is 19.6 Å². The van der Waals surface area contributed by atoms with Crippen molar-refractivity contribution in [3.05, 3.63) is 30.1 Å². The first-order valence-electron chi connectivity index (χ1n) is 10.4. The van der Waals surface area contributed by atoms with Gasteiger partial charge in [0.15, 0.2) is 0 Å². The summed E-state index contributed by atoms with van der Waals surface area (Å²) in [6.45, 7) is 3.45. The lowest BCUT2D eigenvalue weighted by Gasteiger charge is -2.34. The molecule has 156 valence electrons. The first-order chi connectivity index (χ1) is 13.5. The molecule has 3 heterocycles. The molecule has 0 aliphatic carbocycles. The monoisotopic (exact) mass is 394 g/mol. The van der Waals surface area contributed by atoms with Gasteiger partial charge in [-0.25, -0.2) is 8.78 Å². The number of rotatable bonds is 6. The number of carbonyl (C=O) groups is 1. The second-order valence-corrected chi connectivity index (χ2v) is 8.11. The topological polar surface area (TPSA) is 39.7 Å². The van der Waals surface area contributed by atoms with Gasteiger partial charge in [0, 0.05) is 37.8 Å². The molecule has 1 unspecified atom stereocenters. The van der Waals surface area contributed by atoms with E-state index in [0.29, 0.717) is 32.0 Å². The second-order valence-electron chi connectivity index (χ2n) is 8.11. The molecule has 0 spiro atoms. The van der Waals surface area contributed by atoms with Gasteiger partial charge < -0.3 is 4.90 Å². The zero-order valence-corrected chi connectivity index (χ0v) is 16.8. The van der Waals surface area contributed by atoms with Crippen LogP contribution in [-0.2, 0) is 11.3 Å². The van der Waals surface area contributed by atoms with E-state index < -0.39 is 6.43 Å². The molecule has 0 bridgehead atoms. The average Bonchev–Trinajstić information content (AvgIpc) is 2.95. The van der Waals surface area contributed by atoms with Crippen LogP contribution in [0.15, 0.2) is 24.4 Å². The highest BCUT2D eigenvalue weighted by molar-refractivity contribution is 5.79. The highest BCUT2D eigenvalue weighted by Crippen LogP contribution is 2.23.